The van der Waals surface area contributed by atoms with E-state index in [2.05, 4.69) is 11.3 Å². The molecule has 6 nitrogen and oxygen atoms in total. The van der Waals surface area contributed by atoms with Crippen LogP contribution in [0.1, 0.15) is 30.1 Å². The number of hydrogen-bond acceptors (Lipinski definition) is 4. The minimum atomic E-state index is -3.97. The lowest BCUT2D eigenvalue weighted by atomic mass is 10.0. The minimum Gasteiger partial charge on any atom is -0.494 e. The van der Waals surface area contributed by atoms with E-state index in [0.29, 0.717) is 31.1 Å². The highest BCUT2D eigenvalue weighted by Gasteiger charge is 2.24. The summed E-state index contributed by atoms with van der Waals surface area (Å²) in [5, 5.41) is 0.0482. The predicted molar refractivity (Wildman–Crippen MR) is 114 cm³/mol. The molecule has 3 rings (SSSR count). The zero-order valence-corrected chi connectivity index (χ0v) is 17.7. The number of anilines is 1. The molecule has 1 aliphatic heterocycles. The second-order valence-corrected chi connectivity index (χ2v) is 8.81. The second kappa shape index (κ2) is 8.88. The van der Waals surface area contributed by atoms with Crippen LogP contribution in [0.3, 0.4) is 0 Å². The molecule has 29 heavy (non-hydrogen) atoms. The third kappa shape index (κ3) is 5.10. The Hall–Kier alpha value is -2.51. The molecule has 1 fully saturated rings. The molecule has 0 radical (unpaired) electrons. The van der Waals surface area contributed by atoms with Crippen LogP contribution in [0.15, 0.2) is 59.5 Å². The molecule has 0 atom stereocenters. The lowest BCUT2D eigenvalue weighted by Gasteiger charge is -2.28. The van der Waals surface area contributed by atoms with Crippen molar-refractivity contribution in [1.29, 1.82) is 0 Å². The van der Waals surface area contributed by atoms with Crippen molar-refractivity contribution in [2.24, 2.45) is 0 Å². The molecule has 0 aliphatic carbocycles. The first kappa shape index (κ1) is 21.2. The van der Waals surface area contributed by atoms with Crippen molar-refractivity contribution in [1.82, 2.24) is 4.90 Å². The Morgan fingerprint density at radius 1 is 1.17 bits per heavy atom. The first-order valence-corrected chi connectivity index (χ1v) is 11.2. The Labute approximate surface area is 176 Å². The summed E-state index contributed by atoms with van der Waals surface area (Å²) in [5.41, 5.74) is 1.78. The van der Waals surface area contributed by atoms with Crippen molar-refractivity contribution >= 4 is 33.2 Å². The normalized spacial score (nSPS) is 14.6. The number of nitrogens with one attached hydrogen (secondary N) is 1. The van der Waals surface area contributed by atoms with Gasteiger partial charge in [0, 0.05) is 24.3 Å². The number of halogens is 1. The fraction of sp³-hybridized carbons (Fsp3) is 0.286. The topological polar surface area (TPSA) is 75.7 Å². The molecular weight excluding hydrogens is 412 g/mol. The van der Waals surface area contributed by atoms with Gasteiger partial charge < -0.3 is 9.64 Å². The lowest BCUT2D eigenvalue weighted by molar-refractivity contribution is 0.0743. The molecular formula is C21H23ClN2O4S. The van der Waals surface area contributed by atoms with E-state index in [1.54, 1.807) is 35.2 Å². The average molecular weight is 435 g/mol. The van der Waals surface area contributed by atoms with Gasteiger partial charge in [-0.25, -0.2) is 8.42 Å². The average Bonchev–Trinajstić information content (AvgIpc) is 2.70. The molecule has 1 N–H and O–H groups in total. The summed E-state index contributed by atoms with van der Waals surface area (Å²) >= 11 is 6.15. The number of piperidine rings is 1. The first-order chi connectivity index (χ1) is 13.8. The third-order valence-electron chi connectivity index (χ3n) is 4.64. The molecule has 1 amide bonds. The lowest BCUT2D eigenvalue weighted by Crippen LogP contribution is -2.36. The van der Waals surface area contributed by atoms with Gasteiger partial charge in [0.15, 0.2) is 0 Å². The van der Waals surface area contributed by atoms with Gasteiger partial charge in [-0.1, -0.05) is 23.8 Å². The zero-order chi connectivity index (χ0) is 21.0. The Bertz CT molecular complexity index is 1010. The molecule has 0 saturated carbocycles. The highest BCUT2D eigenvalue weighted by Crippen LogP contribution is 2.27. The molecule has 0 bridgehead atoms. The fourth-order valence-corrected chi connectivity index (χ4v) is 4.63. The number of nitrogens with zero attached hydrogens (tertiary/aromatic N) is 1. The molecule has 1 aliphatic rings. The first-order valence-electron chi connectivity index (χ1n) is 9.31. The van der Waals surface area contributed by atoms with E-state index in [-0.39, 0.29) is 21.4 Å². The summed E-state index contributed by atoms with van der Waals surface area (Å²) in [6.07, 6.45) is 1.51. The van der Waals surface area contributed by atoms with Gasteiger partial charge in [0.05, 0.1) is 11.6 Å². The summed E-state index contributed by atoms with van der Waals surface area (Å²) < 4.78 is 33.6. The summed E-state index contributed by atoms with van der Waals surface area (Å²) in [5.74, 6) is 0.428. The van der Waals surface area contributed by atoms with E-state index in [0.717, 1.165) is 18.4 Å². The summed E-state index contributed by atoms with van der Waals surface area (Å²) in [7, 11) is -3.97. The molecule has 0 aromatic heterocycles. The molecule has 0 spiro atoms. The maximum absolute atomic E-state index is 12.9. The number of rotatable bonds is 6. The van der Waals surface area contributed by atoms with Gasteiger partial charge in [0.25, 0.3) is 15.9 Å². The minimum absolute atomic E-state index is 0.0482. The number of carbonyl (C=O) groups is 1. The Kier molecular flexibility index (Phi) is 6.49. The van der Waals surface area contributed by atoms with E-state index in [1.807, 2.05) is 6.92 Å². The largest absolute Gasteiger partial charge is 0.494 e. The van der Waals surface area contributed by atoms with Crippen LogP contribution in [0.5, 0.6) is 5.75 Å². The van der Waals surface area contributed by atoms with Crippen LogP contribution in [0.4, 0.5) is 5.69 Å². The van der Waals surface area contributed by atoms with Gasteiger partial charge in [-0.3, -0.25) is 9.52 Å². The van der Waals surface area contributed by atoms with E-state index >= 15 is 0 Å². The number of ether oxygens (including phenoxy) is 1. The number of benzene rings is 2. The molecule has 1 saturated heterocycles. The van der Waals surface area contributed by atoms with E-state index in [9.17, 15) is 13.2 Å². The van der Waals surface area contributed by atoms with E-state index < -0.39 is 10.0 Å². The summed E-state index contributed by atoms with van der Waals surface area (Å²) in [4.78, 5) is 14.3. The quantitative estimate of drug-likeness (QED) is 0.686. The van der Waals surface area contributed by atoms with Crippen molar-refractivity contribution in [3.63, 3.8) is 0 Å². The van der Waals surface area contributed by atoms with Gasteiger partial charge in [-0.15, -0.1) is 0 Å². The highest BCUT2D eigenvalue weighted by atomic mass is 35.5. The van der Waals surface area contributed by atoms with Crippen molar-refractivity contribution in [3.05, 3.63) is 65.2 Å². The van der Waals surface area contributed by atoms with Crippen LogP contribution in [-0.2, 0) is 10.0 Å². The summed E-state index contributed by atoms with van der Waals surface area (Å²) in [6, 6.07) is 10.9. The van der Waals surface area contributed by atoms with Crippen LogP contribution in [0, 0.1) is 0 Å². The molecule has 2 aromatic rings. The Morgan fingerprint density at radius 2 is 1.83 bits per heavy atom. The Balaban J connectivity index is 1.82. The number of amides is 1. The highest BCUT2D eigenvalue weighted by molar-refractivity contribution is 7.92. The number of hydrogen-bond donors (Lipinski definition) is 1. The molecule has 0 unspecified atom stereocenters. The van der Waals surface area contributed by atoms with Gasteiger partial charge in [0.2, 0.25) is 0 Å². The maximum Gasteiger partial charge on any atom is 0.263 e. The van der Waals surface area contributed by atoms with Crippen molar-refractivity contribution in [2.75, 3.05) is 24.4 Å². The van der Waals surface area contributed by atoms with Gasteiger partial charge in [0.1, 0.15) is 10.6 Å². The number of carbonyl (C=O) groups excluding carboxylic acids is 1. The zero-order valence-electron chi connectivity index (χ0n) is 16.2. The van der Waals surface area contributed by atoms with Gasteiger partial charge in [-0.05, 0) is 62.2 Å². The fourth-order valence-electron chi connectivity index (χ4n) is 3.05. The van der Waals surface area contributed by atoms with E-state index in [1.165, 1.54) is 12.1 Å². The monoisotopic (exact) mass is 434 g/mol. The molecule has 1 heterocycles. The van der Waals surface area contributed by atoms with Gasteiger partial charge in [-0.2, -0.15) is 0 Å². The van der Waals surface area contributed by atoms with Crippen LogP contribution >= 0.6 is 11.6 Å². The molecule has 2 aromatic carbocycles. The van der Waals surface area contributed by atoms with Crippen molar-refractivity contribution in [2.45, 2.75) is 24.7 Å². The third-order valence-corrected chi connectivity index (χ3v) is 6.51. The Morgan fingerprint density at radius 3 is 2.45 bits per heavy atom. The standard InChI is InChI=1S/C21H23ClN2O4S/c1-3-28-18-7-5-17(6-8-18)23-29(26,27)20-14-16(4-9-19(20)22)21(25)24-12-10-15(2)11-13-24/h4-9,14,23H,2-3,10-13H2,1H3. The molecule has 8 heteroatoms. The van der Waals surface area contributed by atoms with Crippen LogP contribution in [0.25, 0.3) is 0 Å². The number of likely N-dealkylation sites (tertiary alicyclic amines) is 1. The molecule has 154 valence electrons. The van der Waals surface area contributed by atoms with Gasteiger partial charge >= 0.3 is 0 Å². The van der Waals surface area contributed by atoms with Crippen LogP contribution < -0.4 is 9.46 Å². The summed E-state index contributed by atoms with van der Waals surface area (Å²) in [6.45, 7) is 7.48. The predicted octanol–water partition coefficient (Wildman–Crippen LogP) is 4.33. The SMILES string of the molecule is C=C1CCN(C(=O)c2ccc(Cl)c(S(=O)(=O)Nc3ccc(OCC)cc3)c2)CC1. The van der Waals surface area contributed by atoms with E-state index in [4.69, 9.17) is 16.3 Å². The number of sulfonamides is 1. The van der Waals surface area contributed by atoms with Crippen molar-refractivity contribution < 1.29 is 17.9 Å². The maximum atomic E-state index is 12.9. The van der Waals surface area contributed by atoms with Crippen molar-refractivity contribution in [3.8, 4) is 5.75 Å². The van der Waals surface area contributed by atoms with Crippen LogP contribution in [0.2, 0.25) is 5.02 Å². The van der Waals surface area contributed by atoms with Crippen LogP contribution in [-0.4, -0.2) is 38.9 Å². The smallest absolute Gasteiger partial charge is 0.263 e. The second-order valence-electron chi connectivity index (χ2n) is 6.75.